The average Bonchev–Trinajstić information content (AvgIpc) is 3.16. The monoisotopic (exact) mass is 565 g/mol. The van der Waals surface area contributed by atoms with Gasteiger partial charge in [-0.2, -0.15) is 0 Å². The van der Waals surface area contributed by atoms with Crippen LogP contribution in [0.3, 0.4) is 0 Å². The fourth-order valence-corrected chi connectivity index (χ4v) is 5.59. The van der Waals surface area contributed by atoms with E-state index in [0.717, 1.165) is 17.7 Å². The molecule has 1 atom stereocenters. The third kappa shape index (κ3) is 6.01. The van der Waals surface area contributed by atoms with Gasteiger partial charge in [-0.1, -0.05) is 36.4 Å². The number of hydrogen-bond donors (Lipinski definition) is 0. The van der Waals surface area contributed by atoms with Crippen LogP contribution in [0.25, 0.3) is 0 Å². The number of nitrogens with zero attached hydrogens (tertiary/aromatic N) is 3. The van der Waals surface area contributed by atoms with E-state index in [9.17, 15) is 23.2 Å². The van der Waals surface area contributed by atoms with Gasteiger partial charge in [-0.3, -0.25) is 14.6 Å². The van der Waals surface area contributed by atoms with E-state index in [0.29, 0.717) is 50.9 Å². The molecule has 11 heteroatoms. The first-order chi connectivity index (χ1) is 18.1. The second-order valence-corrected chi connectivity index (χ2v) is 10.3. The van der Waals surface area contributed by atoms with Gasteiger partial charge in [0.2, 0.25) is 6.41 Å². The zero-order chi connectivity index (χ0) is 27.5. The lowest BCUT2D eigenvalue weighted by molar-refractivity contribution is -0.149. The second kappa shape index (κ2) is 12.3. The Bertz CT molecular complexity index is 1180. The van der Waals surface area contributed by atoms with Crippen LogP contribution in [0.1, 0.15) is 50.3 Å². The van der Waals surface area contributed by atoms with Crippen LogP contribution in [-0.4, -0.2) is 72.3 Å². The van der Waals surface area contributed by atoms with Crippen molar-refractivity contribution in [1.82, 2.24) is 14.9 Å². The van der Waals surface area contributed by atoms with Crippen LogP contribution in [0, 0.1) is 11.6 Å². The summed E-state index contributed by atoms with van der Waals surface area (Å²) in [5.41, 5.74) is -0.506. The van der Waals surface area contributed by atoms with Crippen LogP contribution in [0.15, 0.2) is 48.5 Å². The molecule has 2 heterocycles. The van der Waals surface area contributed by atoms with E-state index in [4.69, 9.17) is 9.47 Å². The van der Waals surface area contributed by atoms with Gasteiger partial charge in [-0.25, -0.2) is 18.6 Å². The van der Waals surface area contributed by atoms with E-state index >= 15 is 0 Å². The van der Waals surface area contributed by atoms with E-state index in [1.54, 1.807) is 13.8 Å². The molecule has 0 bridgehead atoms. The highest BCUT2D eigenvalue weighted by Crippen LogP contribution is 2.42. The second-order valence-electron chi connectivity index (χ2n) is 10.3. The molecule has 8 nitrogen and oxygen atoms in total. The van der Waals surface area contributed by atoms with Gasteiger partial charge in [-0.05, 0) is 76.0 Å². The van der Waals surface area contributed by atoms with E-state index in [2.05, 4.69) is 4.90 Å². The molecule has 2 aliphatic rings. The normalized spacial score (nSPS) is 20.1. The lowest BCUT2D eigenvalue weighted by Crippen LogP contribution is -2.49. The standard InChI is InChI=1S/C28H33F2N3O5.ClH/c1-27(2)24(20-10-11-22(29)23(30)18-20)33(26(36)38-27)32(19-34)15-7-14-31-16-12-28(13-17-31,25(35)37-3)21-8-5-4-6-9-21;/h4-6,8-11,18-19,24H,7,12-17H2,1-3H3;1H. The van der Waals surface area contributed by atoms with Crippen LogP contribution in [0.5, 0.6) is 0 Å². The Hall–Kier alpha value is -3.24. The molecule has 2 fully saturated rings. The van der Waals surface area contributed by atoms with Gasteiger partial charge in [0.05, 0.1) is 12.5 Å². The van der Waals surface area contributed by atoms with Crippen molar-refractivity contribution in [2.24, 2.45) is 0 Å². The van der Waals surface area contributed by atoms with Gasteiger partial charge in [0.25, 0.3) is 0 Å². The van der Waals surface area contributed by atoms with Gasteiger partial charge < -0.3 is 14.4 Å². The molecule has 2 saturated heterocycles. The molecule has 0 spiro atoms. The van der Waals surface area contributed by atoms with Gasteiger partial charge in [0.1, 0.15) is 11.6 Å². The number of ether oxygens (including phenoxy) is 2. The molecule has 0 radical (unpaired) electrons. The number of amides is 2. The molecule has 0 aliphatic carbocycles. The number of esters is 1. The Balaban J connectivity index is 0.00000420. The minimum atomic E-state index is -1.08. The largest absolute Gasteiger partial charge is 0.468 e. The summed E-state index contributed by atoms with van der Waals surface area (Å²) in [6, 6.07) is 12.2. The van der Waals surface area contributed by atoms with E-state index in [-0.39, 0.29) is 24.9 Å². The van der Waals surface area contributed by atoms with Crippen molar-refractivity contribution in [1.29, 1.82) is 0 Å². The Kier molecular flexibility index (Phi) is 9.55. The van der Waals surface area contributed by atoms with Crippen LogP contribution in [0.4, 0.5) is 13.6 Å². The molecule has 0 saturated carbocycles. The lowest BCUT2D eigenvalue weighted by Gasteiger charge is -2.40. The maximum absolute atomic E-state index is 14.0. The maximum atomic E-state index is 14.0. The summed E-state index contributed by atoms with van der Waals surface area (Å²) in [6.07, 6.45) is 1.56. The van der Waals surface area contributed by atoms with Gasteiger partial charge in [0, 0.05) is 6.54 Å². The smallest absolute Gasteiger partial charge is 0.430 e. The number of halogens is 3. The molecular formula is C28H34ClF2N3O5. The molecule has 39 heavy (non-hydrogen) atoms. The third-order valence-corrected chi connectivity index (χ3v) is 7.57. The quantitative estimate of drug-likeness (QED) is 0.326. The number of rotatable bonds is 9. The molecule has 0 N–H and O–H groups in total. The highest BCUT2D eigenvalue weighted by Gasteiger charge is 2.51. The first-order valence-corrected chi connectivity index (χ1v) is 12.7. The van der Waals surface area contributed by atoms with E-state index in [1.165, 1.54) is 23.2 Å². The zero-order valence-corrected chi connectivity index (χ0v) is 23.1. The zero-order valence-electron chi connectivity index (χ0n) is 22.3. The number of hydrogen-bond acceptors (Lipinski definition) is 6. The Morgan fingerprint density at radius 3 is 2.38 bits per heavy atom. The molecule has 1 unspecified atom stereocenters. The first-order valence-electron chi connectivity index (χ1n) is 12.7. The lowest BCUT2D eigenvalue weighted by atomic mass is 9.72. The Labute approximate surface area is 233 Å². The topological polar surface area (TPSA) is 79.4 Å². The SMILES string of the molecule is COC(=O)C1(c2ccccc2)CCN(CCCN(C=O)N2C(=O)OC(C)(C)C2c2ccc(F)c(F)c2)CC1.Cl. The molecule has 2 aromatic carbocycles. The van der Waals surface area contributed by atoms with Crippen molar-refractivity contribution >= 4 is 30.9 Å². The minimum Gasteiger partial charge on any atom is -0.468 e. The number of piperidine rings is 1. The summed E-state index contributed by atoms with van der Waals surface area (Å²) in [5, 5.41) is 2.41. The summed E-state index contributed by atoms with van der Waals surface area (Å²) in [4.78, 5) is 39.8. The van der Waals surface area contributed by atoms with Crippen molar-refractivity contribution in [3.8, 4) is 0 Å². The molecule has 2 aromatic rings. The number of carbonyl (C=O) groups excluding carboxylic acids is 3. The fourth-order valence-electron chi connectivity index (χ4n) is 5.59. The number of hydrazine groups is 1. The van der Waals surface area contributed by atoms with Crippen LogP contribution < -0.4 is 0 Å². The van der Waals surface area contributed by atoms with Gasteiger partial charge in [0.15, 0.2) is 11.6 Å². The maximum Gasteiger partial charge on any atom is 0.430 e. The number of benzene rings is 2. The third-order valence-electron chi connectivity index (χ3n) is 7.57. The predicted molar refractivity (Wildman–Crippen MR) is 142 cm³/mol. The number of carbonyl (C=O) groups is 3. The van der Waals surface area contributed by atoms with E-state index < -0.39 is 34.8 Å². The summed E-state index contributed by atoms with van der Waals surface area (Å²) < 4.78 is 38.2. The molecular weight excluding hydrogens is 532 g/mol. The average molecular weight is 566 g/mol. The van der Waals surface area contributed by atoms with Crippen molar-refractivity contribution < 1.29 is 32.6 Å². The highest BCUT2D eigenvalue weighted by atomic mass is 35.5. The van der Waals surface area contributed by atoms with Crippen molar-refractivity contribution in [2.75, 3.05) is 33.3 Å². The van der Waals surface area contributed by atoms with Gasteiger partial charge in [-0.15, -0.1) is 12.4 Å². The molecule has 2 amide bonds. The van der Waals surface area contributed by atoms with Crippen LogP contribution in [0.2, 0.25) is 0 Å². The van der Waals surface area contributed by atoms with Crippen LogP contribution >= 0.6 is 12.4 Å². The molecule has 2 aliphatic heterocycles. The Morgan fingerprint density at radius 1 is 1.13 bits per heavy atom. The van der Waals surface area contributed by atoms with Crippen molar-refractivity contribution in [3.63, 3.8) is 0 Å². The number of methoxy groups -OCH3 is 1. The first kappa shape index (κ1) is 30.3. The molecule has 212 valence electrons. The Morgan fingerprint density at radius 2 is 1.79 bits per heavy atom. The summed E-state index contributed by atoms with van der Waals surface area (Å²) >= 11 is 0. The predicted octanol–water partition coefficient (Wildman–Crippen LogP) is 4.63. The van der Waals surface area contributed by atoms with Gasteiger partial charge >= 0.3 is 12.1 Å². The minimum absolute atomic E-state index is 0. The summed E-state index contributed by atoms with van der Waals surface area (Å²) in [5.74, 6) is -2.28. The number of cyclic esters (lactones) is 1. The molecule has 4 rings (SSSR count). The van der Waals surface area contributed by atoms with Crippen molar-refractivity contribution in [3.05, 3.63) is 71.3 Å². The fraction of sp³-hybridized carbons (Fsp3) is 0.464. The number of likely N-dealkylation sites (tertiary alicyclic amines) is 1. The van der Waals surface area contributed by atoms with Crippen LogP contribution in [-0.2, 0) is 24.5 Å². The highest BCUT2D eigenvalue weighted by molar-refractivity contribution is 5.85. The molecule has 0 aromatic heterocycles. The summed E-state index contributed by atoms with van der Waals surface area (Å²) in [6.45, 7) is 5.51. The summed E-state index contributed by atoms with van der Waals surface area (Å²) in [7, 11) is 1.41. The van der Waals surface area contributed by atoms with Crippen molar-refractivity contribution in [2.45, 2.75) is 50.2 Å². The van der Waals surface area contributed by atoms with E-state index in [1.807, 2.05) is 30.3 Å².